The fourth-order valence-corrected chi connectivity index (χ4v) is 3.39. The van der Waals surface area contributed by atoms with Crippen LogP contribution < -0.4 is 0 Å². The second-order valence-electron chi connectivity index (χ2n) is 5.81. The molecule has 1 aromatic heterocycles. The Kier molecular flexibility index (Phi) is 4.70. The van der Waals surface area contributed by atoms with E-state index in [1.54, 1.807) is 13.8 Å². The maximum Gasteiger partial charge on any atom is 0.352 e. The first kappa shape index (κ1) is 15.6. The predicted octanol–water partition coefficient (Wildman–Crippen LogP) is 3.12. The average Bonchev–Trinajstić information content (AvgIpc) is 2.76. The maximum absolute atomic E-state index is 12.9. The van der Waals surface area contributed by atoms with Crippen LogP contribution in [0, 0.1) is 13.8 Å². The van der Waals surface area contributed by atoms with Gasteiger partial charge in [0.25, 0.3) is 5.91 Å². The van der Waals surface area contributed by atoms with E-state index in [4.69, 9.17) is 0 Å². The summed E-state index contributed by atoms with van der Waals surface area (Å²) in [5, 5.41) is 9.17. The molecule has 1 heterocycles. The molecule has 1 amide bonds. The molecule has 0 bridgehead atoms. The molecule has 2 rings (SSSR count). The van der Waals surface area contributed by atoms with Crippen LogP contribution in [0.3, 0.4) is 0 Å². The first-order valence-electron chi connectivity index (χ1n) is 7.70. The zero-order valence-corrected chi connectivity index (χ0v) is 13.0. The molecule has 1 fully saturated rings. The van der Waals surface area contributed by atoms with Crippen LogP contribution in [0.25, 0.3) is 0 Å². The fraction of sp³-hybridized carbons (Fsp3) is 0.625. The van der Waals surface area contributed by atoms with Crippen molar-refractivity contribution in [1.29, 1.82) is 0 Å². The minimum Gasteiger partial charge on any atom is -0.477 e. The summed E-state index contributed by atoms with van der Waals surface area (Å²) in [7, 11) is 0. The number of nitrogens with zero attached hydrogens (tertiary/aromatic N) is 1. The van der Waals surface area contributed by atoms with Gasteiger partial charge in [0.15, 0.2) is 0 Å². The van der Waals surface area contributed by atoms with Crippen molar-refractivity contribution in [2.24, 2.45) is 0 Å². The molecule has 116 valence electrons. The van der Waals surface area contributed by atoms with Crippen molar-refractivity contribution in [1.82, 2.24) is 9.88 Å². The molecule has 21 heavy (non-hydrogen) atoms. The minimum absolute atomic E-state index is 0.0387. The topological polar surface area (TPSA) is 73.4 Å². The molecule has 0 aromatic carbocycles. The second kappa shape index (κ2) is 6.33. The summed E-state index contributed by atoms with van der Waals surface area (Å²) in [6.45, 7) is 6.12. The highest BCUT2D eigenvalue weighted by Gasteiger charge is 2.29. The van der Waals surface area contributed by atoms with Gasteiger partial charge in [-0.1, -0.05) is 19.3 Å². The van der Waals surface area contributed by atoms with E-state index in [-0.39, 0.29) is 11.6 Å². The summed E-state index contributed by atoms with van der Waals surface area (Å²) in [6, 6.07) is 0.290. The smallest absolute Gasteiger partial charge is 0.352 e. The lowest BCUT2D eigenvalue weighted by atomic mass is 9.93. The Morgan fingerprint density at radius 2 is 1.86 bits per heavy atom. The number of amides is 1. The third-order valence-electron chi connectivity index (χ3n) is 4.48. The van der Waals surface area contributed by atoms with Crippen molar-refractivity contribution in [3.63, 3.8) is 0 Å². The highest BCUT2D eigenvalue weighted by atomic mass is 16.4. The van der Waals surface area contributed by atoms with Crippen molar-refractivity contribution in [3.8, 4) is 0 Å². The second-order valence-corrected chi connectivity index (χ2v) is 5.81. The van der Waals surface area contributed by atoms with Gasteiger partial charge in [-0.3, -0.25) is 4.79 Å². The van der Waals surface area contributed by atoms with E-state index in [1.165, 1.54) is 19.3 Å². The van der Waals surface area contributed by atoms with Crippen molar-refractivity contribution in [2.45, 2.75) is 58.9 Å². The number of aromatic amines is 1. The molecule has 0 atom stereocenters. The third kappa shape index (κ3) is 2.96. The standard InChI is InChI=1S/C16H24N2O3/c1-4-18(12-8-6-5-7-9-12)15(19)13-10(2)14(16(20)21)17-11(13)3/h12,17H,4-9H2,1-3H3,(H,20,21). The normalized spacial score (nSPS) is 16.0. The van der Waals surface area contributed by atoms with E-state index < -0.39 is 5.97 Å². The zero-order valence-electron chi connectivity index (χ0n) is 13.0. The lowest BCUT2D eigenvalue weighted by Gasteiger charge is -2.33. The summed E-state index contributed by atoms with van der Waals surface area (Å²) in [4.78, 5) is 28.8. The number of carboxylic acids is 1. The Balaban J connectivity index is 2.31. The number of aryl methyl sites for hydroxylation is 1. The summed E-state index contributed by atoms with van der Waals surface area (Å²) in [6.07, 6.45) is 5.68. The number of carbonyl (C=O) groups is 2. The van der Waals surface area contributed by atoms with E-state index >= 15 is 0 Å². The van der Waals surface area contributed by atoms with E-state index in [2.05, 4.69) is 4.98 Å². The number of rotatable bonds is 4. The van der Waals surface area contributed by atoms with E-state index in [9.17, 15) is 14.7 Å². The number of aromatic carboxylic acids is 1. The van der Waals surface area contributed by atoms with Crippen LogP contribution in [-0.2, 0) is 0 Å². The van der Waals surface area contributed by atoms with Crippen LogP contribution in [0.1, 0.15) is 71.1 Å². The largest absolute Gasteiger partial charge is 0.477 e. The molecule has 0 aliphatic heterocycles. The van der Waals surface area contributed by atoms with Gasteiger partial charge in [0.1, 0.15) is 5.69 Å². The lowest BCUT2D eigenvalue weighted by molar-refractivity contribution is 0.0646. The molecule has 0 radical (unpaired) electrons. The van der Waals surface area contributed by atoms with E-state index in [0.29, 0.717) is 29.4 Å². The SMILES string of the molecule is CCN(C(=O)c1c(C)[nH]c(C(=O)O)c1C)C1CCCCC1. The first-order chi connectivity index (χ1) is 9.97. The molecule has 1 aliphatic rings. The maximum atomic E-state index is 12.9. The van der Waals surface area contributed by atoms with Crippen molar-refractivity contribution < 1.29 is 14.7 Å². The van der Waals surface area contributed by atoms with Gasteiger partial charge in [0, 0.05) is 18.3 Å². The van der Waals surface area contributed by atoms with E-state index in [1.807, 2.05) is 11.8 Å². The molecule has 1 aliphatic carbocycles. The van der Waals surface area contributed by atoms with Crippen LogP contribution in [-0.4, -0.2) is 39.5 Å². The summed E-state index contributed by atoms with van der Waals surface area (Å²) < 4.78 is 0. The molecular weight excluding hydrogens is 268 g/mol. The molecule has 5 nitrogen and oxygen atoms in total. The Morgan fingerprint density at radius 3 is 2.33 bits per heavy atom. The van der Waals surface area contributed by atoms with Crippen molar-refractivity contribution in [2.75, 3.05) is 6.54 Å². The van der Waals surface area contributed by atoms with Gasteiger partial charge in [-0.2, -0.15) is 0 Å². The minimum atomic E-state index is -1.02. The number of carboxylic acid groups (broad SMARTS) is 1. The van der Waals surface area contributed by atoms with Crippen LogP contribution in [0.4, 0.5) is 0 Å². The van der Waals surface area contributed by atoms with Gasteiger partial charge < -0.3 is 15.0 Å². The van der Waals surface area contributed by atoms with Gasteiger partial charge in [0.2, 0.25) is 0 Å². The number of hydrogen-bond donors (Lipinski definition) is 2. The van der Waals surface area contributed by atoms with Gasteiger partial charge in [-0.05, 0) is 39.2 Å². The molecule has 0 saturated heterocycles. The molecule has 5 heteroatoms. The van der Waals surface area contributed by atoms with Crippen molar-refractivity contribution in [3.05, 3.63) is 22.5 Å². The monoisotopic (exact) mass is 292 g/mol. The van der Waals surface area contributed by atoms with Crippen LogP contribution in [0.15, 0.2) is 0 Å². The summed E-state index contributed by atoms with van der Waals surface area (Å²) >= 11 is 0. The summed E-state index contributed by atoms with van der Waals surface area (Å²) in [5.41, 5.74) is 1.83. The number of nitrogens with one attached hydrogen (secondary N) is 1. The predicted molar refractivity (Wildman–Crippen MR) is 80.8 cm³/mol. The van der Waals surface area contributed by atoms with Crippen molar-refractivity contribution >= 4 is 11.9 Å². The van der Waals surface area contributed by atoms with Crippen LogP contribution in [0.5, 0.6) is 0 Å². The van der Waals surface area contributed by atoms with E-state index in [0.717, 1.165) is 12.8 Å². The van der Waals surface area contributed by atoms with Crippen LogP contribution >= 0.6 is 0 Å². The first-order valence-corrected chi connectivity index (χ1v) is 7.70. The van der Waals surface area contributed by atoms with Gasteiger partial charge in [-0.15, -0.1) is 0 Å². The Labute approximate surface area is 125 Å². The Hall–Kier alpha value is -1.78. The zero-order chi connectivity index (χ0) is 15.6. The van der Waals surface area contributed by atoms with Gasteiger partial charge >= 0.3 is 5.97 Å². The quantitative estimate of drug-likeness (QED) is 0.895. The number of H-pyrrole nitrogens is 1. The summed E-state index contributed by atoms with van der Waals surface area (Å²) in [5.74, 6) is -1.06. The van der Waals surface area contributed by atoms with Crippen LogP contribution in [0.2, 0.25) is 0 Å². The highest BCUT2D eigenvalue weighted by Crippen LogP contribution is 2.26. The fourth-order valence-electron chi connectivity index (χ4n) is 3.39. The number of carbonyl (C=O) groups excluding carboxylic acids is 1. The molecular formula is C16H24N2O3. The van der Waals surface area contributed by atoms with Gasteiger partial charge in [-0.25, -0.2) is 4.79 Å². The third-order valence-corrected chi connectivity index (χ3v) is 4.48. The lowest BCUT2D eigenvalue weighted by Crippen LogP contribution is -2.41. The number of aromatic nitrogens is 1. The molecule has 0 unspecified atom stereocenters. The molecule has 1 saturated carbocycles. The highest BCUT2D eigenvalue weighted by molar-refractivity contribution is 6.01. The molecule has 1 aromatic rings. The number of hydrogen-bond acceptors (Lipinski definition) is 2. The van der Waals surface area contributed by atoms with Gasteiger partial charge in [0.05, 0.1) is 5.56 Å². The molecule has 0 spiro atoms. The Bertz CT molecular complexity index is 542. The molecule has 2 N–H and O–H groups in total. The average molecular weight is 292 g/mol. The Morgan fingerprint density at radius 1 is 1.24 bits per heavy atom.